The minimum atomic E-state index is -0.576. The molecule has 2 N–H and O–H groups in total. The highest BCUT2D eigenvalue weighted by Gasteiger charge is 2.31. The Hall–Kier alpha value is -1.65. The van der Waals surface area contributed by atoms with E-state index in [2.05, 4.69) is 18.4 Å². The van der Waals surface area contributed by atoms with Crippen LogP contribution in [0, 0.1) is 6.92 Å². The molecular weight excluding hydrogens is 280 g/mol. The van der Waals surface area contributed by atoms with E-state index in [-0.39, 0.29) is 11.9 Å². The highest BCUT2D eigenvalue weighted by molar-refractivity contribution is 7.10. The quantitative estimate of drug-likeness (QED) is 0.925. The van der Waals surface area contributed by atoms with Crippen LogP contribution in [0.1, 0.15) is 40.6 Å². The zero-order chi connectivity index (χ0) is 15.0. The van der Waals surface area contributed by atoms with E-state index in [0.29, 0.717) is 0 Å². The SMILES string of the molecule is Cc1ccc(C(N)C(=O)N2CCc3sccc3C2C)cc1. The van der Waals surface area contributed by atoms with Gasteiger partial charge in [-0.05, 0) is 42.8 Å². The second-order valence-corrected chi connectivity index (χ2v) is 6.65. The van der Waals surface area contributed by atoms with Gasteiger partial charge in [-0.1, -0.05) is 29.8 Å². The van der Waals surface area contributed by atoms with Crippen molar-refractivity contribution < 1.29 is 4.79 Å². The van der Waals surface area contributed by atoms with Gasteiger partial charge in [-0.15, -0.1) is 11.3 Å². The zero-order valence-electron chi connectivity index (χ0n) is 12.4. The molecule has 1 aromatic carbocycles. The molecule has 2 heterocycles. The third kappa shape index (κ3) is 2.61. The maximum atomic E-state index is 12.7. The van der Waals surface area contributed by atoms with E-state index < -0.39 is 6.04 Å². The Morgan fingerprint density at radius 2 is 2.05 bits per heavy atom. The first-order valence-electron chi connectivity index (χ1n) is 7.27. The van der Waals surface area contributed by atoms with Crippen molar-refractivity contribution in [1.29, 1.82) is 0 Å². The van der Waals surface area contributed by atoms with E-state index >= 15 is 0 Å². The lowest BCUT2D eigenvalue weighted by Gasteiger charge is -2.35. The van der Waals surface area contributed by atoms with E-state index in [0.717, 1.165) is 18.5 Å². The number of fused-ring (bicyclic) bond motifs is 1. The molecule has 2 aromatic rings. The monoisotopic (exact) mass is 300 g/mol. The first-order chi connectivity index (χ1) is 10.1. The molecule has 0 aliphatic carbocycles. The van der Waals surface area contributed by atoms with Crippen LogP contribution in [0.15, 0.2) is 35.7 Å². The van der Waals surface area contributed by atoms with Gasteiger partial charge < -0.3 is 10.6 Å². The van der Waals surface area contributed by atoms with Crippen LogP contribution in [0.5, 0.6) is 0 Å². The fourth-order valence-electron chi connectivity index (χ4n) is 2.91. The molecular formula is C17H20N2OS. The number of benzene rings is 1. The fourth-order valence-corrected chi connectivity index (χ4v) is 3.87. The van der Waals surface area contributed by atoms with Crippen molar-refractivity contribution in [1.82, 2.24) is 4.90 Å². The number of nitrogens with two attached hydrogens (primary N) is 1. The number of hydrogen-bond acceptors (Lipinski definition) is 3. The number of nitrogens with zero attached hydrogens (tertiary/aromatic N) is 1. The third-order valence-corrected chi connectivity index (χ3v) is 5.26. The van der Waals surface area contributed by atoms with Crippen molar-refractivity contribution in [2.45, 2.75) is 32.4 Å². The second kappa shape index (κ2) is 5.62. The average Bonchev–Trinajstić information content (AvgIpc) is 2.96. The average molecular weight is 300 g/mol. The number of thiophene rings is 1. The summed E-state index contributed by atoms with van der Waals surface area (Å²) in [6.45, 7) is 4.87. The topological polar surface area (TPSA) is 46.3 Å². The summed E-state index contributed by atoms with van der Waals surface area (Å²) in [6.07, 6.45) is 0.934. The van der Waals surface area contributed by atoms with Crippen LogP contribution in [0.2, 0.25) is 0 Å². The molecule has 0 bridgehead atoms. The molecule has 4 heteroatoms. The Labute approximate surface area is 129 Å². The van der Waals surface area contributed by atoms with Crippen molar-refractivity contribution in [3.63, 3.8) is 0 Å². The molecule has 0 spiro atoms. The van der Waals surface area contributed by atoms with Crippen molar-refractivity contribution >= 4 is 17.2 Å². The van der Waals surface area contributed by atoms with E-state index in [4.69, 9.17) is 5.73 Å². The fraction of sp³-hybridized carbons (Fsp3) is 0.353. The Balaban J connectivity index is 1.81. The van der Waals surface area contributed by atoms with Crippen molar-refractivity contribution in [3.8, 4) is 0 Å². The van der Waals surface area contributed by atoms with Crippen LogP contribution in [0.25, 0.3) is 0 Å². The summed E-state index contributed by atoms with van der Waals surface area (Å²) >= 11 is 1.78. The van der Waals surface area contributed by atoms with Gasteiger partial charge in [0.15, 0.2) is 0 Å². The third-order valence-electron chi connectivity index (χ3n) is 4.26. The summed E-state index contributed by atoms with van der Waals surface area (Å²) in [4.78, 5) is 16.0. The molecule has 21 heavy (non-hydrogen) atoms. The molecule has 0 saturated heterocycles. The minimum Gasteiger partial charge on any atom is -0.334 e. The van der Waals surface area contributed by atoms with Gasteiger partial charge in [-0.3, -0.25) is 4.79 Å². The molecule has 2 atom stereocenters. The number of aryl methyl sites for hydroxylation is 1. The summed E-state index contributed by atoms with van der Waals surface area (Å²) in [5.41, 5.74) is 9.52. The van der Waals surface area contributed by atoms with Gasteiger partial charge in [-0.25, -0.2) is 0 Å². The Morgan fingerprint density at radius 1 is 1.33 bits per heavy atom. The molecule has 2 unspecified atom stereocenters. The van der Waals surface area contributed by atoms with Gasteiger partial charge >= 0.3 is 0 Å². The molecule has 3 rings (SSSR count). The summed E-state index contributed by atoms with van der Waals surface area (Å²) in [6, 6.07) is 9.56. The molecule has 1 aliphatic rings. The summed E-state index contributed by atoms with van der Waals surface area (Å²) in [5.74, 6) is 0.0169. The van der Waals surface area contributed by atoms with Crippen molar-refractivity contribution in [2.75, 3.05) is 6.54 Å². The lowest BCUT2D eigenvalue weighted by molar-refractivity contribution is -0.135. The predicted molar refractivity (Wildman–Crippen MR) is 86.3 cm³/mol. The van der Waals surface area contributed by atoms with E-state index in [1.807, 2.05) is 36.1 Å². The van der Waals surface area contributed by atoms with E-state index in [1.54, 1.807) is 11.3 Å². The molecule has 1 amide bonds. The van der Waals surface area contributed by atoms with Crippen molar-refractivity contribution in [3.05, 3.63) is 57.3 Å². The standard InChI is InChI=1S/C17H20N2OS/c1-11-3-5-13(6-4-11)16(18)17(20)19-9-7-15-14(12(19)2)8-10-21-15/h3-6,8,10,12,16H,7,9,18H2,1-2H3. The van der Waals surface area contributed by atoms with Crippen molar-refractivity contribution in [2.24, 2.45) is 5.73 Å². The van der Waals surface area contributed by atoms with Crippen LogP contribution in [0.3, 0.4) is 0 Å². The normalized spacial score (nSPS) is 19.2. The lowest BCUT2D eigenvalue weighted by atomic mass is 9.98. The number of amides is 1. The smallest absolute Gasteiger partial charge is 0.244 e. The molecule has 3 nitrogen and oxygen atoms in total. The van der Waals surface area contributed by atoms with E-state index in [9.17, 15) is 4.79 Å². The van der Waals surface area contributed by atoms with Gasteiger partial charge in [0, 0.05) is 11.4 Å². The number of hydrogen-bond donors (Lipinski definition) is 1. The van der Waals surface area contributed by atoms with Crippen LogP contribution >= 0.6 is 11.3 Å². The second-order valence-electron chi connectivity index (χ2n) is 5.65. The van der Waals surface area contributed by atoms with Gasteiger partial charge in [0.05, 0.1) is 6.04 Å². The predicted octanol–water partition coefficient (Wildman–Crippen LogP) is 3.20. The molecule has 0 saturated carbocycles. The lowest BCUT2D eigenvalue weighted by Crippen LogP contribution is -2.43. The molecule has 110 valence electrons. The Bertz CT molecular complexity index is 647. The van der Waals surface area contributed by atoms with Gasteiger partial charge in [0.2, 0.25) is 5.91 Å². The van der Waals surface area contributed by atoms with Crippen LogP contribution in [-0.2, 0) is 11.2 Å². The zero-order valence-corrected chi connectivity index (χ0v) is 13.2. The maximum absolute atomic E-state index is 12.7. The largest absolute Gasteiger partial charge is 0.334 e. The number of carbonyl (C=O) groups is 1. The highest BCUT2D eigenvalue weighted by Crippen LogP contribution is 2.34. The number of rotatable bonds is 2. The Kier molecular flexibility index (Phi) is 3.83. The van der Waals surface area contributed by atoms with Gasteiger partial charge in [0.1, 0.15) is 6.04 Å². The summed E-state index contributed by atoms with van der Waals surface area (Å²) in [7, 11) is 0. The molecule has 0 fully saturated rings. The summed E-state index contributed by atoms with van der Waals surface area (Å²) < 4.78 is 0. The first kappa shape index (κ1) is 14.3. The molecule has 0 radical (unpaired) electrons. The van der Waals surface area contributed by atoms with Crippen LogP contribution in [0.4, 0.5) is 0 Å². The molecule has 1 aliphatic heterocycles. The highest BCUT2D eigenvalue weighted by atomic mass is 32.1. The molecule has 1 aromatic heterocycles. The number of carbonyl (C=O) groups excluding carboxylic acids is 1. The van der Waals surface area contributed by atoms with Crippen LogP contribution < -0.4 is 5.73 Å². The van der Waals surface area contributed by atoms with Gasteiger partial charge in [0.25, 0.3) is 0 Å². The maximum Gasteiger partial charge on any atom is 0.244 e. The minimum absolute atomic E-state index is 0.0169. The van der Waals surface area contributed by atoms with E-state index in [1.165, 1.54) is 16.0 Å². The van der Waals surface area contributed by atoms with Crippen LogP contribution in [-0.4, -0.2) is 17.4 Å². The Morgan fingerprint density at radius 3 is 2.76 bits per heavy atom. The first-order valence-corrected chi connectivity index (χ1v) is 8.15. The van der Waals surface area contributed by atoms with Gasteiger partial charge in [-0.2, -0.15) is 0 Å². The summed E-state index contributed by atoms with van der Waals surface area (Å²) in [5, 5.41) is 2.11.